The number of nitrogens with one attached hydrogen (secondary N) is 1. The zero-order valence-electron chi connectivity index (χ0n) is 13.5. The Bertz CT molecular complexity index is 310. The molecule has 3 nitrogen and oxygen atoms in total. The van der Waals surface area contributed by atoms with Gasteiger partial charge in [0.2, 0.25) is 0 Å². The third-order valence-corrected chi connectivity index (χ3v) is 5.93. The Morgan fingerprint density at radius 3 is 2.38 bits per heavy atom. The lowest BCUT2D eigenvalue weighted by Gasteiger charge is -2.35. The van der Waals surface area contributed by atoms with Gasteiger partial charge in [-0.1, -0.05) is 32.1 Å². The van der Waals surface area contributed by atoms with Crippen molar-refractivity contribution < 1.29 is 9.84 Å². The maximum absolute atomic E-state index is 9.95. The summed E-state index contributed by atoms with van der Waals surface area (Å²) >= 11 is 0. The molecule has 0 aromatic rings. The van der Waals surface area contributed by atoms with Crippen LogP contribution in [0.1, 0.15) is 77.0 Å². The first kappa shape index (κ1) is 15.8. The Morgan fingerprint density at radius 2 is 1.71 bits per heavy atom. The van der Waals surface area contributed by atoms with Crippen molar-refractivity contribution >= 4 is 0 Å². The van der Waals surface area contributed by atoms with E-state index in [9.17, 15) is 5.11 Å². The van der Waals surface area contributed by atoms with Gasteiger partial charge in [-0.05, 0) is 50.9 Å². The highest BCUT2D eigenvalue weighted by Gasteiger charge is 2.44. The van der Waals surface area contributed by atoms with Crippen LogP contribution in [0.5, 0.6) is 0 Å². The van der Waals surface area contributed by atoms with Crippen LogP contribution in [0.15, 0.2) is 0 Å². The Balaban J connectivity index is 1.44. The van der Waals surface area contributed by atoms with Crippen molar-refractivity contribution in [2.24, 2.45) is 5.92 Å². The molecule has 0 aliphatic heterocycles. The van der Waals surface area contributed by atoms with E-state index in [0.29, 0.717) is 24.7 Å². The molecule has 0 bridgehead atoms. The van der Waals surface area contributed by atoms with Crippen molar-refractivity contribution in [2.75, 3.05) is 13.2 Å². The average Bonchev–Trinajstić information content (AvgIpc) is 3.26. The first-order valence-corrected chi connectivity index (χ1v) is 9.32. The molecule has 0 aromatic carbocycles. The third kappa shape index (κ3) is 4.20. The average molecular weight is 295 g/mol. The molecule has 122 valence electrons. The van der Waals surface area contributed by atoms with E-state index in [0.717, 1.165) is 19.4 Å². The standard InChI is InChI=1S/C18H33NO2/c20-14-18(19-16-9-10-16)12-5-6-15(18)11-13-21-17-7-3-1-2-4-8-17/h15-17,19-20H,1-14H2. The van der Waals surface area contributed by atoms with Crippen LogP contribution < -0.4 is 5.32 Å². The lowest BCUT2D eigenvalue weighted by atomic mass is 9.85. The molecule has 0 saturated heterocycles. The van der Waals surface area contributed by atoms with Gasteiger partial charge in [-0.3, -0.25) is 0 Å². The monoisotopic (exact) mass is 295 g/mol. The number of ether oxygens (including phenoxy) is 1. The van der Waals surface area contributed by atoms with Gasteiger partial charge in [-0.15, -0.1) is 0 Å². The lowest BCUT2D eigenvalue weighted by Crippen LogP contribution is -2.52. The molecule has 0 aromatic heterocycles. The third-order valence-electron chi connectivity index (χ3n) is 5.93. The summed E-state index contributed by atoms with van der Waals surface area (Å²) < 4.78 is 6.17. The van der Waals surface area contributed by atoms with Gasteiger partial charge in [-0.25, -0.2) is 0 Å². The molecular formula is C18H33NO2. The maximum Gasteiger partial charge on any atom is 0.0616 e. The SMILES string of the molecule is OCC1(NC2CC2)CCCC1CCOC1CCCCCC1. The second-order valence-electron chi connectivity index (χ2n) is 7.60. The van der Waals surface area contributed by atoms with Crippen LogP contribution in [0, 0.1) is 5.92 Å². The van der Waals surface area contributed by atoms with Crippen molar-refractivity contribution in [3.05, 3.63) is 0 Å². The van der Waals surface area contributed by atoms with Gasteiger partial charge >= 0.3 is 0 Å². The van der Waals surface area contributed by atoms with E-state index in [-0.39, 0.29) is 5.54 Å². The van der Waals surface area contributed by atoms with Crippen LogP contribution in [0.25, 0.3) is 0 Å². The van der Waals surface area contributed by atoms with E-state index in [2.05, 4.69) is 5.32 Å². The molecular weight excluding hydrogens is 262 g/mol. The van der Waals surface area contributed by atoms with Crippen LogP contribution in [0.4, 0.5) is 0 Å². The summed E-state index contributed by atoms with van der Waals surface area (Å²) in [6.45, 7) is 1.20. The van der Waals surface area contributed by atoms with Crippen LogP contribution in [-0.2, 0) is 4.74 Å². The summed E-state index contributed by atoms with van der Waals surface area (Å²) in [5, 5.41) is 13.7. The van der Waals surface area contributed by atoms with Gasteiger partial charge in [0.15, 0.2) is 0 Å². The smallest absolute Gasteiger partial charge is 0.0616 e. The molecule has 3 aliphatic rings. The molecule has 2 atom stereocenters. The Morgan fingerprint density at radius 1 is 0.952 bits per heavy atom. The van der Waals surface area contributed by atoms with E-state index in [1.54, 1.807) is 0 Å². The van der Waals surface area contributed by atoms with Crippen molar-refractivity contribution in [2.45, 2.75) is 94.7 Å². The fourth-order valence-electron chi connectivity index (χ4n) is 4.43. The molecule has 3 heteroatoms. The zero-order chi connectivity index (χ0) is 14.5. The van der Waals surface area contributed by atoms with Crippen LogP contribution >= 0.6 is 0 Å². The van der Waals surface area contributed by atoms with Gasteiger partial charge in [0.1, 0.15) is 0 Å². The van der Waals surface area contributed by atoms with Gasteiger partial charge in [-0.2, -0.15) is 0 Å². The van der Waals surface area contributed by atoms with E-state index in [1.807, 2.05) is 0 Å². The van der Waals surface area contributed by atoms with E-state index in [4.69, 9.17) is 4.74 Å². The fourth-order valence-corrected chi connectivity index (χ4v) is 4.43. The summed E-state index contributed by atoms with van der Waals surface area (Å²) in [6, 6.07) is 0.681. The number of aliphatic hydroxyl groups is 1. The number of aliphatic hydroxyl groups excluding tert-OH is 1. The van der Waals surface area contributed by atoms with Gasteiger partial charge in [0, 0.05) is 18.2 Å². The van der Waals surface area contributed by atoms with Crippen LogP contribution in [0.2, 0.25) is 0 Å². The quantitative estimate of drug-likeness (QED) is 0.707. The van der Waals surface area contributed by atoms with Gasteiger partial charge in [0.05, 0.1) is 12.7 Å². The van der Waals surface area contributed by atoms with E-state index in [1.165, 1.54) is 64.2 Å². The van der Waals surface area contributed by atoms with Gasteiger partial charge < -0.3 is 15.2 Å². The first-order chi connectivity index (χ1) is 10.3. The van der Waals surface area contributed by atoms with E-state index >= 15 is 0 Å². The first-order valence-electron chi connectivity index (χ1n) is 9.32. The summed E-state index contributed by atoms with van der Waals surface area (Å²) in [6.07, 6.45) is 15.9. The maximum atomic E-state index is 9.95. The molecule has 0 radical (unpaired) electrons. The predicted octanol–water partition coefficient (Wildman–Crippen LogP) is 3.40. The summed E-state index contributed by atoms with van der Waals surface area (Å²) in [5.74, 6) is 0.605. The zero-order valence-corrected chi connectivity index (χ0v) is 13.5. The highest BCUT2D eigenvalue weighted by atomic mass is 16.5. The lowest BCUT2D eigenvalue weighted by molar-refractivity contribution is 0.0230. The Labute approximate surface area is 129 Å². The Hall–Kier alpha value is -0.120. The van der Waals surface area contributed by atoms with Gasteiger partial charge in [0.25, 0.3) is 0 Å². The minimum absolute atomic E-state index is 0.00792. The second-order valence-corrected chi connectivity index (χ2v) is 7.60. The highest BCUT2D eigenvalue weighted by Crippen LogP contribution is 2.40. The molecule has 3 saturated carbocycles. The normalized spacial score (nSPS) is 35.0. The molecule has 3 rings (SSSR count). The molecule has 2 N–H and O–H groups in total. The highest BCUT2D eigenvalue weighted by molar-refractivity contribution is 5.02. The molecule has 2 unspecified atom stereocenters. The number of hydrogen-bond donors (Lipinski definition) is 2. The molecule has 0 spiro atoms. The number of rotatable bonds is 7. The van der Waals surface area contributed by atoms with E-state index < -0.39 is 0 Å². The fraction of sp³-hybridized carbons (Fsp3) is 1.00. The minimum atomic E-state index is 0.00792. The summed E-state index contributed by atoms with van der Waals surface area (Å²) in [4.78, 5) is 0. The molecule has 0 amide bonds. The van der Waals surface area contributed by atoms with Crippen LogP contribution in [0.3, 0.4) is 0 Å². The van der Waals surface area contributed by atoms with Crippen molar-refractivity contribution in [3.8, 4) is 0 Å². The van der Waals surface area contributed by atoms with Crippen molar-refractivity contribution in [3.63, 3.8) is 0 Å². The molecule has 3 fully saturated rings. The second kappa shape index (κ2) is 7.43. The molecule has 0 heterocycles. The Kier molecular flexibility index (Phi) is 5.58. The topological polar surface area (TPSA) is 41.5 Å². The summed E-state index contributed by atoms with van der Waals surface area (Å²) in [5.41, 5.74) is 0.00792. The summed E-state index contributed by atoms with van der Waals surface area (Å²) in [7, 11) is 0. The van der Waals surface area contributed by atoms with Crippen molar-refractivity contribution in [1.29, 1.82) is 0 Å². The van der Waals surface area contributed by atoms with Crippen molar-refractivity contribution in [1.82, 2.24) is 5.32 Å². The molecule has 3 aliphatic carbocycles. The predicted molar refractivity (Wildman–Crippen MR) is 85.4 cm³/mol. The largest absolute Gasteiger partial charge is 0.394 e. The minimum Gasteiger partial charge on any atom is -0.394 e. The van der Waals surface area contributed by atoms with Crippen LogP contribution in [-0.4, -0.2) is 36.0 Å². The molecule has 21 heavy (non-hydrogen) atoms. The number of hydrogen-bond acceptors (Lipinski definition) is 3.